The molecule has 5 nitrogen and oxygen atoms in total. The number of carbonyl (C=O) groups excluding carboxylic acids is 2. The molecular weight excluding hydrogens is 293 g/mol. The van der Waals surface area contributed by atoms with Crippen molar-refractivity contribution in [2.75, 3.05) is 11.4 Å². The number of anilines is 1. The van der Waals surface area contributed by atoms with Crippen molar-refractivity contribution >= 4 is 17.6 Å². The maximum Gasteiger partial charge on any atom is 1.00 e. The van der Waals surface area contributed by atoms with Gasteiger partial charge < -0.3 is 14.7 Å². The number of hydrogen-bond acceptors (Lipinski definition) is 4. The molecule has 0 aliphatic heterocycles. The van der Waals surface area contributed by atoms with Crippen LogP contribution in [-0.4, -0.2) is 23.5 Å². The predicted octanol–water partition coefficient (Wildman–Crippen LogP) is -0.645. The number of rotatable bonds is 4. The number of phenolic OH excluding ortho intramolecular Hbond substituents is 1. The third kappa shape index (κ3) is 5.18. The molecule has 0 radical (unpaired) electrons. The van der Waals surface area contributed by atoms with E-state index in [1.54, 1.807) is 24.3 Å². The first-order valence-corrected chi connectivity index (χ1v) is 6.39. The molecule has 0 unspecified atom stereocenters. The van der Waals surface area contributed by atoms with Crippen LogP contribution in [0.1, 0.15) is 6.92 Å². The number of benzene rings is 2. The van der Waals surface area contributed by atoms with Crippen LogP contribution in [-0.2, 0) is 9.59 Å². The fourth-order valence-electron chi connectivity index (χ4n) is 1.80. The van der Waals surface area contributed by atoms with Gasteiger partial charge >= 0.3 is 35.5 Å². The zero-order valence-electron chi connectivity index (χ0n) is 12.5. The molecule has 0 spiro atoms. The predicted molar refractivity (Wildman–Crippen MR) is 78.2 cm³/mol. The molecule has 6 heteroatoms. The number of hydrogen-bond donors (Lipinski definition) is 1. The molecule has 2 aromatic rings. The van der Waals surface area contributed by atoms with Gasteiger partial charge in [0.15, 0.2) is 0 Å². The van der Waals surface area contributed by atoms with Crippen LogP contribution in [0, 0.1) is 0 Å². The van der Waals surface area contributed by atoms with E-state index in [1.807, 2.05) is 6.07 Å². The number of nitrogens with zero attached hydrogens (tertiary/aromatic N) is 1. The summed E-state index contributed by atoms with van der Waals surface area (Å²) in [6.07, 6.45) is 0. The molecule has 1 amide bonds. The van der Waals surface area contributed by atoms with Crippen LogP contribution < -0.4 is 39.2 Å². The molecule has 0 saturated carbocycles. The molecule has 2 rings (SSSR count). The number of ether oxygens (including phenoxy) is 1. The Morgan fingerprint density at radius 1 is 1.05 bits per heavy atom. The van der Waals surface area contributed by atoms with Crippen LogP contribution in [0.3, 0.4) is 0 Å². The standard InChI is InChI=1S/C16H15NO4.Na/c1-12(18)17(13-5-3-2-4-6-13)11-16(20)21-15-9-7-14(19)8-10-15;/h2-10,19H,11H2,1H3;/q;+1. The van der Waals surface area contributed by atoms with E-state index < -0.39 is 5.97 Å². The van der Waals surface area contributed by atoms with Crippen molar-refractivity contribution in [3.05, 3.63) is 54.6 Å². The van der Waals surface area contributed by atoms with E-state index in [2.05, 4.69) is 0 Å². The summed E-state index contributed by atoms with van der Waals surface area (Å²) in [5.41, 5.74) is 0.632. The van der Waals surface area contributed by atoms with Gasteiger partial charge in [0.05, 0.1) is 0 Å². The summed E-state index contributed by atoms with van der Waals surface area (Å²) in [7, 11) is 0. The SMILES string of the molecule is CC(=O)N(CC(=O)Oc1ccc(O)cc1)c1ccccc1.[Na+]. The van der Waals surface area contributed by atoms with E-state index in [4.69, 9.17) is 9.84 Å². The molecule has 108 valence electrons. The summed E-state index contributed by atoms with van der Waals surface area (Å²) in [6, 6.07) is 14.7. The average molecular weight is 308 g/mol. The van der Waals surface area contributed by atoms with Crippen LogP contribution in [0.4, 0.5) is 5.69 Å². The van der Waals surface area contributed by atoms with Gasteiger partial charge in [-0.15, -0.1) is 0 Å². The van der Waals surface area contributed by atoms with Gasteiger partial charge in [-0.2, -0.15) is 0 Å². The summed E-state index contributed by atoms with van der Waals surface area (Å²) in [5.74, 6) is -0.401. The minimum atomic E-state index is -0.556. The van der Waals surface area contributed by atoms with Gasteiger partial charge in [0, 0.05) is 12.6 Å². The molecule has 0 heterocycles. The van der Waals surface area contributed by atoms with Crippen LogP contribution in [0.25, 0.3) is 0 Å². The molecule has 2 aromatic carbocycles. The van der Waals surface area contributed by atoms with Gasteiger partial charge in [-0.25, -0.2) is 4.79 Å². The fraction of sp³-hybridized carbons (Fsp3) is 0.125. The topological polar surface area (TPSA) is 66.8 Å². The molecule has 0 fully saturated rings. The molecule has 0 atom stereocenters. The van der Waals surface area contributed by atoms with E-state index in [0.29, 0.717) is 11.4 Å². The van der Waals surface area contributed by atoms with Crippen LogP contribution in [0.2, 0.25) is 0 Å². The molecule has 0 bridgehead atoms. The van der Waals surface area contributed by atoms with Gasteiger partial charge in [-0.05, 0) is 36.4 Å². The Balaban J connectivity index is 0.00000242. The molecule has 1 N–H and O–H groups in total. The Morgan fingerprint density at radius 3 is 2.18 bits per heavy atom. The Morgan fingerprint density at radius 2 is 1.64 bits per heavy atom. The largest absolute Gasteiger partial charge is 1.00 e. The smallest absolute Gasteiger partial charge is 0.508 e. The van der Waals surface area contributed by atoms with Crippen molar-refractivity contribution in [3.8, 4) is 11.5 Å². The molecular formula is C16H15NNaO4+. The first-order valence-electron chi connectivity index (χ1n) is 6.39. The van der Waals surface area contributed by atoms with E-state index in [-0.39, 0.29) is 47.8 Å². The quantitative estimate of drug-likeness (QED) is 0.463. The zero-order chi connectivity index (χ0) is 15.2. The summed E-state index contributed by atoms with van der Waals surface area (Å²) < 4.78 is 5.13. The second-order valence-electron chi connectivity index (χ2n) is 4.41. The Bertz CT molecular complexity index is 628. The molecule has 0 aromatic heterocycles. The Kier molecular flexibility index (Phi) is 7.11. The van der Waals surface area contributed by atoms with E-state index in [9.17, 15) is 9.59 Å². The van der Waals surface area contributed by atoms with Crippen molar-refractivity contribution < 1.29 is 49.0 Å². The van der Waals surface area contributed by atoms with Crippen molar-refractivity contribution in [2.45, 2.75) is 6.92 Å². The Hall–Kier alpha value is -1.82. The van der Waals surface area contributed by atoms with Crippen LogP contribution >= 0.6 is 0 Å². The summed E-state index contributed by atoms with van der Waals surface area (Å²) in [5, 5.41) is 9.16. The van der Waals surface area contributed by atoms with Gasteiger partial charge in [-0.1, -0.05) is 18.2 Å². The average Bonchev–Trinajstić information content (AvgIpc) is 2.48. The number of amides is 1. The number of phenols is 1. The van der Waals surface area contributed by atoms with Crippen molar-refractivity contribution in [3.63, 3.8) is 0 Å². The number of aromatic hydroxyl groups is 1. The number of esters is 1. The van der Waals surface area contributed by atoms with E-state index >= 15 is 0 Å². The third-order valence-corrected chi connectivity index (χ3v) is 2.80. The van der Waals surface area contributed by atoms with Crippen molar-refractivity contribution in [1.29, 1.82) is 0 Å². The summed E-state index contributed by atoms with van der Waals surface area (Å²) >= 11 is 0. The normalized spacial score (nSPS) is 9.50. The van der Waals surface area contributed by atoms with Gasteiger partial charge in [-0.3, -0.25) is 4.79 Å². The minimum Gasteiger partial charge on any atom is -0.508 e. The second-order valence-corrected chi connectivity index (χ2v) is 4.41. The summed E-state index contributed by atoms with van der Waals surface area (Å²) in [6.45, 7) is 1.21. The second kappa shape index (κ2) is 8.58. The maximum atomic E-state index is 11.9. The van der Waals surface area contributed by atoms with Gasteiger partial charge in [0.25, 0.3) is 0 Å². The fourth-order valence-corrected chi connectivity index (χ4v) is 1.80. The van der Waals surface area contributed by atoms with Crippen molar-refractivity contribution in [2.24, 2.45) is 0 Å². The minimum absolute atomic E-state index is 0. The van der Waals surface area contributed by atoms with Gasteiger partial charge in [0.2, 0.25) is 5.91 Å². The Labute approximate surface area is 150 Å². The van der Waals surface area contributed by atoms with Crippen molar-refractivity contribution in [1.82, 2.24) is 0 Å². The third-order valence-electron chi connectivity index (χ3n) is 2.80. The van der Waals surface area contributed by atoms with Gasteiger partial charge in [0.1, 0.15) is 18.0 Å². The zero-order valence-corrected chi connectivity index (χ0v) is 14.5. The van der Waals surface area contributed by atoms with E-state index in [0.717, 1.165) is 0 Å². The first-order chi connectivity index (χ1) is 10.1. The molecule has 22 heavy (non-hydrogen) atoms. The molecule has 0 saturated heterocycles. The number of para-hydroxylation sites is 1. The van der Waals surface area contributed by atoms with Crippen LogP contribution in [0.5, 0.6) is 11.5 Å². The van der Waals surface area contributed by atoms with Crippen LogP contribution in [0.15, 0.2) is 54.6 Å². The molecule has 0 aliphatic rings. The monoisotopic (exact) mass is 308 g/mol. The summed E-state index contributed by atoms with van der Waals surface area (Å²) in [4.78, 5) is 24.9. The molecule has 0 aliphatic carbocycles. The maximum absolute atomic E-state index is 11.9. The number of carbonyl (C=O) groups is 2. The van der Waals surface area contributed by atoms with E-state index in [1.165, 1.54) is 36.1 Å². The first kappa shape index (κ1) is 18.2.